The smallest absolute Gasteiger partial charge is 0.312 e. The van der Waals surface area contributed by atoms with Crippen molar-refractivity contribution in [2.24, 2.45) is 5.92 Å². The molecule has 2 heterocycles. The van der Waals surface area contributed by atoms with E-state index in [9.17, 15) is 13.2 Å². The Hall–Kier alpha value is -1.04. The highest BCUT2D eigenvalue weighted by Crippen LogP contribution is 2.33. The Morgan fingerprint density at radius 2 is 2.12 bits per heavy atom. The Labute approximate surface area is 98.0 Å². The molecule has 1 aromatic rings. The van der Waals surface area contributed by atoms with E-state index in [0.717, 1.165) is 5.69 Å². The van der Waals surface area contributed by atoms with E-state index in [2.05, 4.69) is 10.4 Å². The number of fused-ring (bicyclic) bond motifs is 1. The quantitative estimate of drug-likeness (QED) is 0.868. The summed E-state index contributed by atoms with van der Waals surface area (Å²) in [5.41, 5.74) is 0.342. The summed E-state index contributed by atoms with van der Waals surface area (Å²) in [6, 6.07) is 0. The van der Waals surface area contributed by atoms with Crippen LogP contribution in [0.3, 0.4) is 0 Å². The van der Waals surface area contributed by atoms with Crippen molar-refractivity contribution in [1.82, 2.24) is 15.1 Å². The molecule has 1 aliphatic heterocycles. The molecule has 3 nitrogen and oxygen atoms in total. The molecule has 0 atom stereocenters. The van der Waals surface area contributed by atoms with Gasteiger partial charge >= 0.3 is 6.18 Å². The first-order chi connectivity index (χ1) is 7.89. The molecule has 0 saturated carbocycles. The zero-order valence-corrected chi connectivity index (χ0v) is 9.93. The molecule has 2 rings (SSSR count). The van der Waals surface area contributed by atoms with Crippen molar-refractivity contribution in [3.05, 3.63) is 17.0 Å². The lowest BCUT2D eigenvalue weighted by atomic mass is 10.1. The third-order valence-electron chi connectivity index (χ3n) is 2.81. The Kier molecular flexibility index (Phi) is 3.16. The summed E-state index contributed by atoms with van der Waals surface area (Å²) in [7, 11) is 0. The molecule has 0 aliphatic carbocycles. The minimum atomic E-state index is -4.36. The fourth-order valence-electron chi connectivity index (χ4n) is 2.14. The van der Waals surface area contributed by atoms with E-state index in [0.29, 0.717) is 25.1 Å². The molecule has 0 spiro atoms. The summed E-state index contributed by atoms with van der Waals surface area (Å²) in [5.74, 6) is 0.287. The van der Waals surface area contributed by atoms with E-state index in [1.54, 1.807) is 0 Å². The van der Waals surface area contributed by atoms with Gasteiger partial charge in [0.15, 0.2) is 5.69 Å². The number of halogens is 3. The average Bonchev–Trinajstić information content (AvgIpc) is 2.56. The lowest BCUT2D eigenvalue weighted by Gasteiger charge is -2.16. The summed E-state index contributed by atoms with van der Waals surface area (Å²) in [4.78, 5) is 0. The molecule has 0 radical (unpaired) electrons. The molecule has 0 bridgehead atoms. The zero-order chi connectivity index (χ0) is 12.6. The Morgan fingerprint density at radius 1 is 1.41 bits per heavy atom. The van der Waals surface area contributed by atoms with Crippen molar-refractivity contribution in [2.45, 2.75) is 39.5 Å². The Balaban J connectivity index is 2.44. The molecular formula is C11H16F3N3. The van der Waals surface area contributed by atoms with Crippen LogP contribution in [0.25, 0.3) is 0 Å². The molecule has 17 heavy (non-hydrogen) atoms. The van der Waals surface area contributed by atoms with E-state index < -0.39 is 11.9 Å². The monoisotopic (exact) mass is 247 g/mol. The number of nitrogens with one attached hydrogen (secondary N) is 1. The molecule has 1 aromatic heterocycles. The molecule has 0 aromatic carbocycles. The third kappa shape index (κ3) is 2.46. The molecule has 0 fully saturated rings. The molecule has 0 unspecified atom stereocenters. The second-order valence-electron chi connectivity index (χ2n) is 4.77. The average molecular weight is 247 g/mol. The van der Waals surface area contributed by atoms with Gasteiger partial charge in [-0.3, -0.25) is 4.68 Å². The first-order valence-electron chi connectivity index (χ1n) is 5.76. The Morgan fingerprint density at radius 3 is 2.71 bits per heavy atom. The maximum atomic E-state index is 12.8. The van der Waals surface area contributed by atoms with E-state index in [1.807, 2.05) is 13.8 Å². The van der Waals surface area contributed by atoms with Crippen LogP contribution >= 0.6 is 0 Å². The van der Waals surface area contributed by atoms with E-state index in [4.69, 9.17) is 0 Å². The largest absolute Gasteiger partial charge is 0.435 e. The number of nitrogens with zero attached hydrogens (tertiary/aromatic N) is 2. The number of alkyl halides is 3. The van der Waals surface area contributed by atoms with Gasteiger partial charge in [-0.1, -0.05) is 13.8 Å². The fraction of sp³-hybridized carbons (Fsp3) is 0.727. The highest BCUT2D eigenvalue weighted by atomic mass is 19.4. The molecule has 96 valence electrons. The lowest BCUT2D eigenvalue weighted by Crippen LogP contribution is -2.26. The predicted molar refractivity (Wildman–Crippen MR) is 57.5 cm³/mol. The van der Waals surface area contributed by atoms with Crippen LogP contribution in [0.5, 0.6) is 0 Å². The van der Waals surface area contributed by atoms with Crippen molar-refractivity contribution in [2.75, 3.05) is 6.54 Å². The van der Waals surface area contributed by atoms with Crippen LogP contribution in [0.2, 0.25) is 0 Å². The van der Waals surface area contributed by atoms with Crippen LogP contribution in [0.15, 0.2) is 0 Å². The zero-order valence-electron chi connectivity index (χ0n) is 9.93. The van der Waals surface area contributed by atoms with Gasteiger partial charge < -0.3 is 5.32 Å². The molecule has 0 saturated heterocycles. The van der Waals surface area contributed by atoms with Crippen LogP contribution < -0.4 is 5.32 Å². The molecule has 0 amide bonds. The molecule has 1 N–H and O–H groups in total. The van der Waals surface area contributed by atoms with Crippen molar-refractivity contribution in [3.8, 4) is 0 Å². The van der Waals surface area contributed by atoms with Crippen LogP contribution in [-0.2, 0) is 25.7 Å². The van der Waals surface area contributed by atoms with Gasteiger partial charge in [-0.05, 0) is 5.92 Å². The standard InChI is InChI=1S/C11H16F3N3/c1-7(2)6-17-9-3-4-15-5-8(9)10(16-17)11(12,13)14/h7,15H,3-6H2,1-2H3. The first kappa shape index (κ1) is 12.4. The third-order valence-corrected chi connectivity index (χ3v) is 2.81. The van der Waals surface area contributed by atoms with Crippen molar-refractivity contribution in [3.63, 3.8) is 0 Å². The summed E-state index contributed by atoms with van der Waals surface area (Å²) < 4.78 is 40.0. The second-order valence-corrected chi connectivity index (χ2v) is 4.77. The topological polar surface area (TPSA) is 29.9 Å². The predicted octanol–water partition coefficient (Wildman–Crippen LogP) is 2.20. The van der Waals surface area contributed by atoms with Crippen LogP contribution in [-0.4, -0.2) is 16.3 Å². The fourth-order valence-corrected chi connectivity index (χ4v) is 2.14. The van der Waals surface area contributed by atoms with Gasteiger partial charge in [-0.25, -0.2) is 0 Å². The van der Waals surface area contributed by atoms with Gasteiger partial charge in [0.2, 0.25) is 0 Å². The highest BCUT2D eigenvalue weighted by molar-refractivity contribution is 5.30. The van der Waals surface area contributed by atoms with Gasteiger partial charge in [-0.15, -0.1) is 0 Å². The summed E-state index contributed by atoms with van der Waals surface area (Å²) in [6.45, 7) is 5.47. The minimum absolute atomic E-state index is 0.266. The SMILES string of the molecule is CC(C)Cn1nc(C(F)(F)F)c2c1CCNC2. The van der Waals surface area contributed by atoms with Crippen LogP contribution in [0.1, 0.15) is 30.8 Å². The summed E-state index contributed by atoms with van der Waals surface area (Å²) in [5, 5.41) is 6.72. The minimum Gasteiger partial charge on any atom is -0.312 e. The summed E-state index contributed by atoms with van der Waals surface area (Å²) >= 11 is 0. The van der Waals surface area contributed by atoms with Gasteiger partial charge in [0.1, 0.15) is 0 Å². The van der Waals surface area contributed by atoms with E-state index >= 15 is 0 Å². The normalized spacial score (nSPS) is 16.4. The van der Waals surface area contributed by atoms with Gasteiger partial charge in [0.25, 0.3) is 0 Å². The van der Waals surface area contributed by atoms with Crippen molar-refractivity contribution >= 4 is 0 Å². The first-order valence-corrected chi connectivity index (χ1v) is 5.76. The molecule has 1 aliphatic rings. The van der Waals surface area contributed by atoms with Crippen molar-refractivity contribution < 1.29 is 13.2 Å². The van der Waals surface area contributed by atoms with Crippen LogP contribution in [0.4, 0.5) is 13.2 Å². The maximum absolute atomic E-state index is 12.8. The number of rotatable bonds is 2. The van der Waals surface area contributed by atoms with Gasteiger partial charge in [0, 0.05) is 37.3 Å². The van der Waals surface area contributed by atoms with Crippen molar-refractivity contribution in [1.29, 1.82) is 0 Å². The second kappa shape index (κ2) is 4.33. The maximum Gasteiger partial charge on any atom is 0.435 e. The van der Waals surface area contributed by atoms with E-state index in [1.165, 1.54) is 4.68 Å². The lowest BCUT2D eigenvalue weighted by molar-refractivity contribution is -0.142. The number of hydrogen-bond acceptors (Lipinski definition) is 2. The molecular weight excluding hydrogens is 231 g/mol. The highest BCUT2D eigenvalue weighted by Gasteiger charge is 2.39. The van der Waals surface area contributed by atoms with E-state index in [-0.39, 0.29) is 12.5 Å². The Bertz CT molecular complexity index is 407. The van der Waals surface area contributed by atoms with Gasteiger partial charge in [0.05, 0.1) is 0 Å². The summed E-state index contributed by atoms with van der Waals surface area (Å²) in [6.07, 6.45) is -3.74. The van der Waals surface area contributed by atoms with Gasteiger partial charge in [-0.2, -0.15) is 18.3 Å². The number of hydrogen-bond donors (Lipinski definition) is 1. The molecule has 6 heteroatoms. The number of aromatic nitrogens is 2. The van der Waals surface area contributed by atoms with Crippen LogP contribution in [0, 0.1) is 5.92 Å².